The van der Waals surface area contributed by atoms with Crippen molar-refractivity contribution in [3.63, 3.8) is 0 Å². The average Bonchev–Trinajstić information content (AvgIpc) is 3.31. The first-order chi connectivity index (χ1) is 12.2. The third-order valence-corrected chi connectivity index (χ3v) is 4.54. The van der Waals surface area contributed by atoms with Crippen molar-refractivity contribution in [1.82, 2.24) is 29.8 Å². The molecule has 25 heavy (non-hydrogen) atoms. The van der Waals surface area contributed by atoms with Gasteiger partial charge in [-0.15, -0.1) is 0 Å². The van der Waals surface area contributed by atoms with Crippen molar-refractivity contribution in [3.05, 3.63) is 42.7 Å². The van der Waals surface area contributed by atoms with Crippen molar-refractivity contribution >= 4 is 22.9 Å². The SMILES string of the molecule is CN(CC(=O)N1CCCC1c1ccccn1)c1ncnc2nc[nH]c12. The fraction of sp³-hybridized carbons (Fsp3) is 0.353. The summed E-state index contributed by atoms with van der Waals surface area (Å²) in [6.07, 6.45) is 6.76. The second-order valence-corrected chi connectivity index (χ2v) is 6.15. The van der Waals surface area contributed by atoms with Gasteiger partial charge in [0.2, 0.25) is 5.91 Å². The third-order valence-electron chi connectivity index (χ3n) is 4.54. The summed E-state index contributed by atoms with van der Waals surface area (Å²) in [6.45, 7) is 1.01. The first-order valence-corrected chi connectivity index (χ1v) is 8.29. The molecular formula is C17H19N7O. The predicted molar refractivity (Wildman–Crippen MR) is 92.9 cm³/mol. The highest BCUT2D eigenvalue weighted by molar-refractivity contribution is 5.87. The minimum absolute atomic E-state index is 0.0553. The molecule has 0 radical (unpaired) electrons. The monoisotopic (exact) mass is 337 g/mol. The number of carbonyl (C=O) groups is 1. The Bertz CT molecular complexity index is 879. The lowest BCUT2D eigenvalue weighted by Crippen LogP contribution is -2.39. The van der Waals surface area contributed by atoms with Gasteiger partial charge in [-0.2, -0.15) is 0 Å². The first kappa shape index (κ1) is 15.5. The summed E-state index contributed by atoms with van der Waals surface area (Å²) in [5.74, 6) is 0.742. The van der Waals surface area contributed by atoms with E-state index in [1.54, 1.807) is 12.5 Å². The van der Waals surface area contributed by atoms with Crippen LogP contribution in [0.25, 0.3) is 11.2 Å². The molecule has 8 heteroatoms. The number of hydrogen-bond acceptors (Lipinski definition) is 6. The van der Waals surface area contributed by atoms with Crippen LogP contribution in [0, 0.1) is 0 Å². The van der Waals surface area contributed by atoms with E-state index in [-0.39, 0.29) is 18.5 Å². The Balaban J connectivity index is 1.52. The van der Waals surface area contributed by atoms with E-state index in [0.717, 1.165) is 30.6 Å². The van der Waals surface area contributed by atoms with Gasteiger partial charge in [-0.25, -0.2) is 15.0 Å². The summed E-state index contributed by atoms with van der Waals surface area (Å²) < 4.78 is 0. The minimum atomic E-state index is 0.0553. The van der Waals surface area contributed by atoms with E-state index in [1.165, 1.54) is 6.33 Å². The molecule has 1 saturated heterocycles. The van der Waals surface area contributed by atoms with E-state index in [9.17, 15) is 4.79 Å². The Morgan fingerprint density at radius 2 is 2.24 bits per heavy atom. The molecule has 0 aromatic carbocycles. The van der Waals surface area contributed by atoms with Crippen LogP contribution in [0.5, 0.6) is 0 Å². The number of carbonyl (C=O) groups excluding carboxylic acids is 1. The van der Waals surface area contributed by atoms with Gasteiger partial charge in [-0.1, -0.05) is 6.07 Å². The van der Waals surface area contributed by atoms with Crippen LogP contribution in [-0.4, -0.2) is 55.9 Å². The maximum absolute atomic E-state index is 12.9. The molecule has 8 nitrogen and oxygen atoms in total. The topological polar surface area (TPSA) is 90.9 Å². The molecule has 0 aliphatic carbocycles. The maximum atomic E-state index is 12.9. The molecule has 1 amide bonds. The standard InChI is InChI=1S/C17H19N7O/c1-23(17-15-16(20-10-19-15)21-11-22-17)9-14(25)24-8-4-6-13(24)12-5-2-3-7-18-12/h2-3,5,7,10-11,13H,4,6,8-9H2,1H3,(H,19,20,21,22). The zero-order valence-electron chi connectivity index (χ0n) is 14.0. The molecule has 0 bridgehead atoms. The second kappa shape index (κ2) is 6.46. The normalized spacial score (nSPS) is 17.2. The molecule has 1 fully saturated rings. The Morgan fingerprint density at radius 1 is 1.32 bits per heavy atom. The van der Waals surface area contributed by atoms with Crippen molar-refractivity contribution in [2.24, 2.45) is 0 Å². The van der Waals surface area contributed by atoms with Gasteiger partial charge in [-0.05, 0) is 25.0 Å². The van der Waals surface area contributed by atoms with Crippen LogP contribution in [-0.2, 0) is 4.79 Å². The lowest BCUT2D eigenvalue weighted by Gasteiger charge is -2.27. The zero-order valence-corrected chi connectivity index (χ0v) is 14.0. The molecule has 3 aromatic rings. The smallest absolute Gasteiger partial charge is 0.242 e. The molecular weight excluding hydrogens is 318 g/mol. The number of likely N-dealkylation sites (tertiary alicyclic amines) is 1. The number of nitrogens with one attached hydrogen (secondary N) is 1. The van der Waals surface area contributed by atoms with Crippen molar-refractivity contribution < 1.29 is 4.79 Å². The van der Waals surface area contributed by atoms with Crippen LogP contribution >= 0.6 is 0 Å². The number of anilines is 1. The Kier molecular flexibility index (Phi) is 4.01. The van der Waals surface area contributed by atoms with E-state index in [0.29, 0.717) is 11.5 Å². The van der Waals surface area contributed by atoms with Crippen LogP contribution in [0.4, 0.5) is 5.82 Å². The number of aromatic amines is 1. The number of imidazole rings is 1. The highest BCUT2D eigenvalue weighted by Gasteiger charge is 2.31. The van der Waals surface area contributed by atoms with Gasteiger partial charge >= 0.3 is 0 Å². The molecule has 1 N–H and O–H groups in total. The number of rotatable bonds is 4. The summed E-state index contributed by atoms with van der Waals surface area (Å²) in [6, 6.07) is 5.90. The van der Waals surface area contributed by atoms with Crippen molar-refractivity contribution in [2.75, 3.05) is 25.0 Å². The highest BCUT2D eigenvalue weighted by atomic mass is 16.2. The Morgan fingerprint density at radius 3 is 3.08 bits per heavy atom. The van der Waals surface area contributed by atoms with E-state index in [4.69, 9.17) is 0 Å². The maximum Gasteiger partial charge on any atom is 0.242 e. The minimum Gasteiger partial charge on any atom is -0.348 e. The van der Waals surface area contributed by atoms with Crippen LogP contribution in [0.2, 0.25) is 0 Å². The number of nitrogens with zero attached hydrogens (tertiary/aromatic N) is 6. The summed E-state index contributed by atoms with van der Waals surface area (Å²) in [5.41, 5.74) is 2.28. The fourth-order valence-corrected chi connectivity index (χ4v) is 3.36. The second-order valence-electron chi connectivity index (χ2n) is 6.15. The van der Waals surface area contributed by atoms with Gasteiger partial charge in [0.15, 0.2) is 11.5 Å². The number of hydrogen-bond donors (Lipinski definition) is 1. The summed E-state index contributed by atoms with van der Waals surface area (Å²) in [4.78, 5) is 36.6. The number of pyridine rings is 1. The van der Waals surface area contributed by atoms with Crippen LogP contribution in [0.15, 0.2) is 37.1 Å². The van der Waals surface area contributed by atoms with Gasteiger partial charge in [0.25, 0.3) is 0 Å². The van der Waals surface area contributed by atoms with Crippen molar-refractivity contribution in [1.29, 1.82) is 0 Å². The molecule has 1 unspecified atom stereocenters. The summed E-state index contributed by atoms with van der Waals surface area (Å²) in [5, 5.41) is 0. The van der Waals surface area contributed by atoms with Crippen LogP contribution in [0.1, 0.15) is 24.6 Å². The molecule has 0 spiro atoms. The van der Waals surface area contributed by atoms with E-state index >= 15 is 0 Å². The van der Waals surface area contributed by atoms with Gasteiger partial charge in [0.1, 0.15) is 11.8 Å². The Hall–Kier alpha value is -3.03. The molecule has 4 rings (SSSR count). The molecule has 4 heterocycles. The number of H-pyrrole nitrogens is 1. The highest BCUT2D eigenvalue weighted by Crippen LogP contribution is 2.31. The molecule has 1 atom stereocenters. The predicted octanol–water partition coefficient (Wildman–Crippen LogP) is 1.55. The molecule has 1 aliphatic heterocycles. The summed E-state index contributed by atoms with van der Waals surface area (Å²) in [7, 11) is 1.85. The molecule has 3 aromatic heterocycles. The van der Waals surface area contributed by atoms with Gasteiger partial charge in [-0.3, -0.25) is 9.78 Å². The van der Waals surface area contributed by atoms with E-state index in [2.05, 4.69) is 24.9 Å². The lowest BCUT2D eigenvalue weighted by atomic mass is 10.1. The van der Waals surface area contributed by atoms with Crippen LogP contribution < -0.4 is 4.90 Å². The molecule has 128 valence electrons. The van der Waals surface area contributed by atoms with Gasteiger partial charge in [0, 0.05) is 19.8 Å². The zero-order chi connectivity index (χ0) is 17.2. The first-order valence-electron chi connectivity index (χ1n) is 8.29. The average molecular weight is 337 g/mol. The van der Waals surface area contributed by atoms with Crippen LogP contribution in [0.3, 0.4) is 0 Å². The third kappa shape index (κ3) is 2.90. The largest absolute Gasteiger partial charge is 0.348 e. The lowest BCUT2D eigenvalue weighted by molar-refractivity contribution is -0.130. The fourth-order valence-electron chi connectivity index (χ4n) is 3.36. The van der Waals surface area contributed by atoms with Gasteiger partial charge < -0.3 is 14.8 Å². The number of aromatic nitrogens is 5. The summed E-state index contributed by atoms with van der Waals surface area (Å²) >= 11 is 0. The number of amides is 1. The van der Waals surface area contributed by atoms with Crippen molar-refractivity contribution in [2.45, 2.75) is 18.9 Å². The molecule has 0 saturated carbocycles. The number of fused-ring (bicyclic) bond motifs is 1. The van der Waals surface area contributed by atoms with Gasteiger partial charge in [0.05, 0.1) is 24.6 Å². The van der Waals surface area contributed by atoms with E-state index < -0.39 is 0 Å². The quantitative estimate of drug-likeness (QED) is 0.777. The molecule has 1 aliphatic rings. The van der Waals surface area contributed by atoms with E-state index in [1.807, 2.05) is 35.0 Å². The Labute approximate surface area is 144 Å². The van der Waals surface area contributed by atoms with Crippen molar-refractivity contribution in [3.8, 4) is 0 Å². The number of likely N-dealkylation sites (N-methyl/N-ethyl adjacent to an activating group) is 1.